The molecule has 0 bridgehead atoms. The molecule has 0 spiro atoms. The van der Waals surface area contributed by atoms with E-state index in [-0.39, 0.29) is 48.6 Å². The fraction of sp³-hybridized carbons (Fsp3) is 0.429. The van der Waals surface area contributed by atoms with Crippen LogP contribution in [-0.2, 0) is 21.4 Å². The number of amides is 5. The Hall–Kier alpha value is -6.36. The zero-order chi connectivity index (χ0) is 41.2. The molecule has 1 atom stereocenters. The third kappa shape index (κ3) is 8.46. The van der Waals surface area contributed by atoms with Gasteiger partial charge in [-0.2, -0.15) is 10.1 Å². The highest BCUT2D eigenvalue weighted by atomic mass is 16.5. The number of nitrogens with one attached hydrogen (secondary N) is 3. The second kappa shape index (κ2) is 16.9. The van der Waals surface area contributed by atoms with Crippen LogP contribution in [0.15, 0.2) is 54.7 Å². The van der Waals surface area contributed by atoms with Crippen molar-refractivity contribution in [2.24, 2.45) is 7.05 Å². The molecule has 3 N–H and O–H groups in total. The number of rotatable bonds is 12. The number of hydrogen-bond donors (Lipinski definition) is 3. The topological polar surface area (TPSA) is 189 Å². The Morgan fingerprint density at radius 3 is 2.46 bits per heavy atom. The maximum Gasteiger partial charge on any atom is 0.270 e. The van der Waals surface area contributed by atoms with E-state index in [0.29, 0.717) is 74.3 Å². The van der Waals surface area contributed by atoms with Gasteiger partial charge in [0.1, 0.15) is 17.1 Å². The smallest absolute Gasteiger partial charge is 0.270 e. The molecule has 5 amide bonds. The molecule has 2 aromatic carbocycles. The molecule has 5 aromatic rings. The summed E-state index contributed by atoms with van der Waals surface area (Å²) < 4.78 is 9.64. The number of piperidine rings is 1. The van der Waals surface area contributed by atoms with Crippen LogP contribution >= 0.6 is 0 Å². The molecule has 308 valence electrons. The highest BCUT2D eigenvalue weighted by Gasteiger charge is 2.32. The zero-order valence-electron chi connectivity index (χ0n) is 33.6. The lowest BCUT2D eigenvalue weighted by molar-refractivity contribution is -0.135. The monoisotopic (exact) mass is 803 g/mol. The Balaban J connectivity index is 0.781. The maximum atomic E-state index is 13.0. The third-order valence-electron chi connectivity index (χ3n) is 11.5. The van der Waals surface area contributed by atoms with E-state index >= 15 is 0 Å². The molecule has 1 saturated carbocycles. The minimum Gasteiger partial charge on any atom is -0.484 e. The number of imide groups is 1. The van der Waals surface area contributed by atoms with Gasteiger partial charge in [-0.25, -0.2) is 4.98 Å². The Kier molecular flexibility index (Phi) is 11.3. The molecule has 3 fully saturated rings. The Labute approximate surface area is 341 Å². The van der Waals surface area contributed by atoms with Gasteiger partial charge in [0.2, 0.25) is 17.8 Å². The average molecular weight is 804 g/mol. The Morgan fingerprint density at radius 2 is 1.73 bits per heavy atom. The van der Waals surface area contributed by atoms with Gasteiger partial charge < -0.3 is 29.7 Å². The van der Waals surface area contributed by atoms with Crippen LogP contribution in [0.1, 0.15) is 77.0 Å². The SMILES string of the molecule is CN(C)C(=O)c1cc2cnc(Nc3ccc(C(=O)NCCN4CCN(C(=O)COc5ccc6c(C7CCC(=O)NC7=O)nn(C)c6c5)CC4)cc3)nc2n1C1CCCC1. The number of carbonyl (C=O) groups is 5. The van der Waals surface area contributed by atoms with E-state index in [4.69, 9.17) is 9.72 Å². The van der Waals surface area contributed by atoms with Crippen LogP contribution in [0.2, 0.25) is 0 Å². The van der Waals surface area contributed by atoms with Gasteiger partial charge in [0.05, 0.1) is 17.1 Å². The van der Waals surface area contributed by atoms with Gasteiger partial charge in [0.25, 0.3) is 17.7 Å². The average Bonchev–Trinajstić information content (AvgIpc) is 3.98. The van der Waals surface area contributed by atoms with Gasteiger partial charge in [-0.05, 0) is 61.7 Å². The summed E-state index contributed by atoms with van der Waals surface area (Å²) in [5, 5.41) is 14.8. The molecule has 0 radical (unpaired) electrons. The van der Waals surface area contributed by atoms with Crippen LogP contribution in [0, 0.1) is 0 Å². The van der Waals surface area contributed by atoms with Crippen LogP contribution in [0.25, 0.3) is 21.9 Å². The zero-order valence-corrected chi connectivity index (χ0v) is 33.6. The van der Waals surface area contributed by atoms with Crippen molar-refractivity contribution in [1.82, 2.24) is 49.6 Å². The Bertz CT molecular complexity index is 2410. The lowest BCUT2D eigenvalue weighted by Crippen LogP contribution is -2.51. The van der Waals surface area contributed by atoms with Crippen molar-refractivity contribution in [3.05, 3.63) is 71.7 Å². The van der Waals surface area contributed by atoms with Gasteiger partial charge >= 0.3 is 0 Å². The van der Waals surface area contributed by atoms with E-state index < -0.39 is 5.92 Å². The van der Waals surface area contributed by atoms with Gasteiger partial charge in [-0.1, -0.05) is 12.8 Å². The molecular weight excluding hydrogens is 755 g/mol. The van der Waals surface area contributed by atoms with Crippen molar-refractivity contribution in [1.29, 1.82) is 0 Å². The molecule has 59 heavy (non-hydrogen) atoms. The van der Waals surface area contributed by atoms with Crippen LogP contribution < -0.4 is 20.7 Å². The fourth-order valence-electron chi connectivity index (χ4n) is 8.28. The quantitative estimate of drug-likeness (QED) is 0.157. The fourth-order valence-corrected chi connectivity index (χ4v) is 8.28. The summed E-state index contributed by atoms with van der Waals surface area (Å²) >= 11 is 0. The first kappa shape index (κ1) is 39.5. The minimum atomic E-state index is -0.496. The van der Waals surface area contributed by atoms with Crippen molar-refractivity contribution in [3.63, 3.8) is 0 Å². The summed E-state index contributed by atoms with van der Waals surface area (Å²) in [5.41, 5.74) is 4.01. The van der Waals surface area contributed by atoms with Crippen molar-refractivity contribution >= 4 is 63.1 Å². The molecule has 1 unspecified atom stereocenters. The van der Waals surface area contributed by atoms with E-state index in [9.17, 15) is 24.0 Å². The number of aryl methyl sites for hydroxylation is 1. The molecule has 3 aromatic heterocycles. The highest BCUT2D eigenvalue weighted by Crippen LogP contribution is 2.35. The first-order valence-electron chi connectivity index (χ1n) is 20.2. The molecule has 17 heteroatoms. The summed E-state index contributed by atoms with van der Waals surface area (Å²) in [7, 11) is 5.30. The van der Waals surface area contributed by atoms with E-state index in [1.807, 2.05) is 24.3 Å². The molecule has 3 aliphatic rings. The van der Waals surface area contributed by atoms with Crippen LogP contribution in [0.5, 0.6) is 5.75 Å². The summed E-state index contributed by atoms with van der Waals surface area (Å²) in [6.45, 7) is 3.48. The number of fused-ring (bicyclic) bond motifs is 2. The second-order valence-electron chi connectivity index (χ2n) is 15.7. The summed E-state index contributed by atoms with van der Waals surface area (Å²) in [6.07, 6.45) is 6.70. The molecule has 2 saturated heterocycles. The highest BCUT2D eigenvalue weighted by molar-refractivity contribution is 6.02. The predicted molar refractivity (Wildman–Crippen MR) is 219 cm³/mol. The Morgan fingerprint density at radius 1 is 0.966 bits per heavy atom. The number of benzene rings is 2. The van der Waals surface area contributed by atoms with E-state index in [2.05, 4.69) is 35.5 Å². The van der Waals surface area contributed by atoms with Crippen molar-refractivity contribution in [2.75, 3.05) is 65.3 Å². The number of nitrogens with zero attached hydrogens (tertiary/aromatic N) is 8. The second-order valence-corrected chi connectivity index (χ2v) is 15.7. The van der Waals surface area contributed by atoms with E-state index in [1.165, 1.54) is 0 Å². The maximum absolute atomic E-state index is 13.0. The normalized spacial score (nSPS) is 17.7. The number of ether oxygens (including phenoxy) is 1. The van der Waals surface area contributed by atoms with Gasteiger partial charge in [-0.15, -0.1) is 0 Å². The van der Waals surface area contributed by atoms with Crippen LogP contribution in [-0.4, -0.2) is 129 Å². The number of hydrogen-bond acceptors (Lipinski definition) is 11. The molecule has 8 rings (SSSR count). The van der Waals surface area contributed by atoms with Crippen molar-refractivity contribution < 1.29 is 28.7 Å². The standard InChI is InChI=1S/C42H49N11O6/c1-49(2)41(58)34-22-27-24-44-42(47-38(27)53(34)29-6-4-5-7-29)45-28-10-8-26(9-11-28)39(56)43-16-17-51-18-20-52(21-19-51)36(55)25-59-30-12-13-31-33(23-30)50(3)48-37(31)32-14-15-35(54)46-40(32)57/h8-13,22-24,29,32H,4-7,14-21,25H2,1-3H3,(H,43,56)(H,44,45,47)(H,46,54,57). The van der Waals surface area contributed by atoms with Crippen molar-refractivity contribution in [2.45, 2.75) is 50.5 Å². The van der Waals surface area contributed by atoms with E-state index in [0.717, 1.165) is 53.3 Å². The van der Waals surface area contributed by atoms with E-state index in [1.54, 1.807) is 66.1 Å². The molecular formula is C42H49N11O6. The van der Waals surface area contributed by atoms with Gasteiger partial charge in [0, 0.05) is 107 Å². The van der Waals surface area contributed by atoms with Crippen LogP contribution in [0.4, 0.5) is 11.6 Å². The molecule has 2 aliphatic heterocycles. The third-order valence-corrected chi connectivity index (χ3v) is 11.5. The predicted octanol–water partition coefficient (Wildman–Crippen LogP) is 3.35. The first-order valence-corrected chi connectivity index (χ1v) is 20.2. The number of anilines is 2. The largest absolute Gasteiger partial charge is 0.484 e. The molecule has 1 aliphatic carbocycles. The molecule has 5 heterocycles. The summed E-state index contributed by atoms with van der Waals surface area (Å²) in [5.74, 6) is -0.510. The lowest BCUT2D eigenvalue weighted by Gasteiger charge is -2.34. The number of aromatic nitrogens is 5. The molecule has 17 nitrogen and oxygen atoms in total. The van der Waals surface area contributed by atoms with Gasteiger partial charge in [0.15, 0.2) is 6.61 Å². The van der Waals surface area contributed by atoms with Crippen LogP contribution in [0.3, 0.4) is 0 Å². The van der Waals surface area contributed by atoms with Gasteiger partial charge in [-0.3, -0.25) is 38.9 Å². The lowest BCUT2D eigenvalue weighted by atomic mass is 9.93. The number of carbonyl (C=O) groups excluding carboxylic acids is 5. The summed E-state index contributed by atoms with van der Waals surface area (Å²) in [6, 6.07) is 14.7. The van der Waals surface area contributed by atoms with Crippen molar-refractivity contribution in [3.8, 4) is 5.75 Å². The minimum absolute atomic E-state index is 0.0565. The first-order chi connectivity index (χ1) is 28.5. The number of piperazine rings is 1. The summed E-state index contributed by atoms with van der Waals surface area (Å²) in [4.78, 5) is 78.1.